The van der Waals surface area contributed by atoms with E-state index in [-0.39, 0.29) is 12.0 Å². The molecule has 6 nitrogen and oxygen atoms in total. The molecule has 0 radical (unpaired) electrons. The first-order valence-electron chi connectivity index (χ1n) is 6.32. The lowest BCUT2D eigenvalue weighted by Gasteiger charge is -2.42. The molecular formula is C12H17N5O. The number of hydrogen-bond donors (Lipinski definition) is 3. The van der Waals surface area contributed by atoms with Gasteiger partial charge in [-0.15, -0.1) is 0 Å². The van der Waals surface area contributed by atoms with Crippen molar-refractivity contribution in [1.82, 2.24) is 20.2 Å². The van der Waals surface area contributed by atoms with Crippen molar-refractivity contribution in [2.75, 3.05) is 18.5 Å². The van der Waals surface area contributed by atoms with Gasteiger partial charge in [0.25, 0.3) is 0 Å². The molecule has 18 heavy (non-hydrogen) atoms. The van der Waals surface area contributed by atoms with E-state index in [1.165, 1.54) is 25.6 Å². The second-order valence-electron chi connectivity index (χ2n) is 5.04. The molecule has 0 aromatic carbocycles. The minimum atomic E-state index is 0.246. The van der Waals surface area contributed by atoms with Gasteiger partial charge in [-0.3, -0.25) is 5.10 Å². The summed E-state index contributed by atoms with van der Waals surface area (Å²) >= 11 is 0. The molecule has 1 saturated carbocycles. The maximum atomic E-state index is 9.13. The SMILES string of the molecule is OCCC1(CNc2ncnc3[nH]ncc23)CCC1. The van der Waals surface area contributed by atoms with E-state index in [0.29, 0.717) is 0 Å². The molecule has 3 N–H and O–H groups in total. The summed E-state index contributed by atoms with van der Waals surface area (Å²) in [7, 11) is 0. The first-order chi connectivity index (χ1) is 8.83. The minimum Gasteiger partial charge on any atom is -0.396 e. The number of aromatic amines is 1. The lowest BCUT2D eigenvalue weighted by molar-refractivity contribution is 0.102. The molecule has 0 atom stereocenters. The summed E-state index contributed by atoms with van der Waals surface area (Å²) in [5.41, 5.74) is 0.993. The molecule has 0 bridgehead atoms. The maximum Gasteiger partial charge on any atom is 0.160 e. The van der Waals surface area contributed by atoms with Crippen LogP contribution in [0.2, 0.25) is 0 Å². The van der Waals surface area contributed by atoms with Crippen LogP contribution in [0.1, 0.15) is 25.7 Å². The van der Waals surface area contributed by atoms with Crippen molar-refractivity contribution in [2.24, 2.45) is 5.41 Å². The molecule has 2 heterocycles. The molecule has 1 aliphatic rings. The van der Waals surface area contributed by atoms with Crippen molar-refractivity contribution in [2.45, 2.75) is 25.7 Å². The van der Waals surface area contributed by atoms with Crippen LogP contribution in [0, 0.1) is 5.41 Å². The van der Waals surface area contributed by atoms with Crippen LogP contribution < -0.4 is 5.32 Å². The van der Waals surface area contributed by atoms with E-state index >= 15 is 0 Å². The third-order valence-corrected chi connectivity index (χ3v) is 3.94. The van der Waals surface area contributed by atoms with Crippen LogP contribution in [0.4, 0.5) is 5.82 Å². The Kier molecular flexibility index (Phi) is 2.87. The number of fused-ring (bicyclic) bond motifs is 1. The van der Waals surface area contributed by atoms with Crippen molar-refractivity contribution in [3.63, 3.8) is 0 Å². The second-order valence-corrected chi connectivity index (χ2v) is 5.04. The Labute approximate surface area is 105 Å². The normalized spacial score (nSPS) is 17.6. The van der Waals surface area contributed by atoms with Crippen molar-refractivity contribution in [3.05, 3.63) is 12.5 Å². The van der Waals surface area contributed by atoms with Gasteiger partial charge in [0.15, 0.2) is 5.65 Å². The molecule has 96 valence electrons. The molecule has 2 aromatic rings. The summed E-state index contributed by atoms with van der Waals surface area (Å²) in [4.78, 5) is 8.36. The summed E-state index contributed by atoms with van der Waals surface area (Å²) in [6, 6.07) is 0. The molecule has 1 aliphatic carbocycles. The molecule has 0 unspecified atom stereocenters. The van der Waals surface area contributed by atoms with E-state index < -0.39 is 0 Å². The molecule has 0 saturated heterocycles. The average Bonchev–Trinajstić information content (AvgIpc) is 2.81. The van der Waals surface area contributed by atoms with Crippen LogP contribution >= 0.6 is 0 Å². The Bertz CT molecular complexity index is 534. The van der Waals surface area contributed by atoms with Gasteiger partial charge >= 0.3 is 0 Å². The van der Waals surface area contributed by atoms with Crippen molar-refractivity contribution >= 4 is 16.9 Å². The number of aromatic nitrogens is 4. The van der Waals surface area contributed by atoms with Crippen molar-refractivity contribution < 1.29 is 5.11 Å². The number of anilines is 1. The summed E-state index contributed by atoms with van der Waals surface area (Å²) < 4.78 is 0. The van der Waals surface area contributed by atoms with Gasteiger partial charge in [0.2, 0.25) is 0 Å². The first kappa shape index (κ1) is 11.4. The lowest BCUT2D eigenvalue weighted by Crippen LogP contribution is -2.37. The second kappa shape index (κ2) is 4.53. The van der Waals surface area contributed by atoms with Crippen molar-refractivity contribution in [3.8, 4) is 0 Å². The molecule has 0 aliphatic heterocycles. The number of aliphatic hydroxyl groups excluding tert-OH is 1. The average molecular weight is 247 g/mol. The van der Waals surface area contributed by atoms with Crippen LogP contribution in [0.25, 0.3) is 11.0 Å². The van der Waals surface area contributed by atoms with E-state index in [4.69, 9.17) is 5.11 Å². The number of aliphatic hydroxyl groups is 1. The fourth-order valence-corrected chi connectivity index (χ4v) is 2.61. The summed E-state index contributed by atoms with van der Waals surface area (Å²) in [6.45, 7) is 1.11. The Morgan fingerprint density at radius 1 is 1.39 bits per heavy atom. The largest absolute Gasteiger partial charge is 0.396 e. The van der Waals surface area contributed by atoms with Gasteiger partial charge in [-0.25, -0.2) is 9.97 Å². The van der Waals surface area contributed by atoms with Crippen LogP contribution in [-0.2, 0) is 0 Å². The molecule has 6 heteroatoms. The van der Waals surface area contributed by atoms with Crippen LogP contribution in [0.15, 0.2) is 12.5 Å². The van der Waals surface area contributed by atoms with Gasteiger partial charge < -0.3 is 10.4 Å². The number of rotatable bonds is 5. The maximum absolute atomic E-state index is 9.13. The predicted molar refractivity (Wildman–Crippen MR) is 68.2 cm³/mol. The van der Waals surface area contributed by atoms with Gasteiger partial charge in [-0.2, -0.15) is 5.10 Å². The highest BCUT2D eigenvalue weighted by atomic mass is 16.3. The summed E-state index contributed by atoms with van der Waals surface area (Å²) in [5.74, 6) is 0.818. The highest BCUT2D eigenvalue weighted by Crippen LogP contribution is 2.43. The van der Waals surface area contributed by atoms with Crippen molar-refractivity contribution in [1.29, 1.82) is 0 Å². The lowest BCUT2D eigenvalue weighted by atomic mass is 9.67. The van der Waals surface area contributed by atoms with E-state index in [1.807, 2.05) is 0 Å². The zero-order chi connectivity index (χ0) is 12.4. The van der Waals surface area contributed by atoms with Gasteiger partial charge in [0.1, 0.15) is 12.1 Å². The first-order valence-corrected chi connectivity index (χ1v) is 6.32. The number of nitrogens with one attached hydrogen (secondary N) is 2. The highest BCUT2D eigenvalue weighted by molar-refractivity contribution is 5.85. The fraction of sp³-hybridized carbons (Fsp3) is 0.583. The molecule has 0 spiro atoms. The quantitative estimate of drug-likeness (QED) is 0.741. The van der Waals surface area contributed by atoms with E-state index in [0.717, 1.165) is 29.8 Å². The number of nitrogens with zero attached hydrogens (tertiary/aromatic N) is 3. The van der Waals surface area contributed by atoms with Crippen LogP contribution in [0.5, 0.6) is 0 Å². The van der Waals surface area contributed by atoms with E-state index in [2.05, 4.69) is 25.5 Å². The Hall–Kier alpha value is -1.69. The molecule has 0 amide bonds. The topological polar surface area (TPSA) is 86.7 Å². The van der Waals surface area contributed by atoms with E-state index in [1.54, 1.807) is 6.20 Å². The molecule has 1 fully saturated rings. The highest BCUT2D eigenvalue weighted by Gasteiger charge is 2.36. The number of H-pyrrole nitrogens is 1. The molecule has 2 aromatic heterocycles. The van der Waals surface area contributed by atoms with Gasteiger partial charge in [0, 0.05) is 13.2 Å². The monoisotopic (exact) mass is 247 g/mol. The third-order valence-electron chi connectivity index (χ3n) is 3.94. The summed E-state index contributed by atoms with van der Waals surface area (Å²) in [5, 5.41) is 20.2. The van der Waals surface area contributed by atoms with Crippen LogP contribution in [-0.4, -0.2) is 38.4 Å². The van der Waals surface area contributed by atoms with Gasteiger partial charge in [-0.05, 0) is 24.7 Å². The Morgan fingerprint density at radius 3 is 3.00 bits per heavy atom. The molecular weight excluding hydrogens is 230 g/mol. The van der Waals surface area contributed by atoms with Gasteiger partial charge in [-0.1, -0.05) is 6.42 Å². The van der Waals surface area contributed by atoms with E-state index in [9.17, 15) is 0 Å². The Balaban J connectivity index is 1.74. The smallest absolute Gasteiger partial charge is 0.160 e. The standard InChI is InChI=1S/C12H17N5O/c18-5-4-12(2-1-3-12)7-13-10-9-6-16-17-11(9)15-8-14-10/h6,8,18H,1-5,7H2,(H2,13,14,15,16,17). The Morgan fingerprint density at radius 2 is 2.28 bits per heavy atom. The zero-order valence-electron chi connectivity index (χ0n) is 10.2. The minimum absolute atomic E-state index is 0.246. The predicted octanol–water partition coefficient (Wildman–Crippen LogP) is 1.32. The fourth-order valence-electron chi connectivity index (χ4n) is 2.61. The molecule has 3 rings (SSSR count). The zero-order valence-corrected chi connectivity index (χ0v) is 10.2. The number of hydrogen-bond acceptors (Lipinski definition) is 5. The third kappa shape index (κ3) is 1.92. The van der Waals surface area contributed by atoms with Gasteiger partial charge in [0.05, 0.1) is 11.6 Å². The summed E-state index contributed by atoms with van der Waals surface area (Å²) in [6.07, 6.45) is 7.74. The van der Waals surface area contributed by atoms with Crippen LogP contribution in [0.3, 0.4) is 0 Å².